The molecule has 0 aliphatic carbocycles. The first-order valence-corrected chi connectivity index (χ1v) is 7.30. The summed E-state index contributed by atoms with van der Waals surface area (Å²) in [6, 6.07) is 5.65. The monoisotopic (exact) mass is 323 g/mol. The quantitative estimate of drug-likeness (QED) is 0.747. The summed E-state index contributed by atoms with van der Waals surface area (Å²) in [7, 11) is 1.08. The first kappa shape index (κ1) is 18.5. The van der Waals surface area contributed by atoms with Crippen LogP contribution in [0.4, 0.5) is 10.5 Å². The molecule has 0 aliphatic heterocycles. The van der Waals surface area contributed by atoms with Crippen LogP contribution < -0.4 is 5.32 Å². The number of nitrogens with one attached hydrogen (secondary N) is 1. The number of hydrogen-bond acceptors (Lipinski definition) is 5. The number of aliphatic carboxylic acids is 1. The highest BCUT2D eigenvalue weighted by Crippen LogP contribution is 2.23. The molecule has 7 nitrogen and oxygen atoms in total. The van der Waals surface area contributed by atoms with E-state index < -0.39 is 30.6 Å². The first-order valence-electron chi connectivity index (χ1n) is 7.30. The molecular weight excluding hydrogens is 302 g/mol. The van der Waals surface area contributed by atoms with Crippen molar-refractivity contribution in [2.45, 2.75) is 39.2 Å². The second-order valence-electron chi connectivity index (χ2n) is 4.81. The van der Waals surface area contributed by atoms with E-state index in [1.54, 1.807) is 0 Å². The number of carboxylic acid groups (broad SMARTS) is 1. The Bertz CT molecular complexity index is 562. The number of amides is 1. The average Bonchev–Trinajstić information content (AvgIpc) is 2.53. The number of para-hydroxylation sites is 1. The molecule has 23 heavy (non-hydrogen) atoms. The molecule has 126 valence electrons. The van der Waals surface area contributed by atoms with Crippen molar-refractivity contribution >= 4 is 23.7 Å². The van der Waals surface area contributed by atoms with E-state index in [1.807, 2.05) is 32.0 Å². The number of anilines is 1. The number of hydrogen-bond donors (Lipinski definition) is 2. The molecule has 1 aromatic carbocycles. The lowest BCUT2D eigenvalue weighted by molar-refractivity contribution is -0.143. The minimum atomic E-state index is -1.46. The molecule has 0 aromatic heterocycles. The van der Waals surface area contributed by atoms with E-state index in [0.717, 1.165) is 18.2 Å². The Labute approximate surface area is 134 Å². The summed E-state index contributed by atoms with van der Waals surface area (Å²) in [6.07, 6.45) is -1.81. The molecule has 0 spiro atoms. The van der Waals surface area contributed by atoms with E-state index in [2.05, 4.69) is 10.1 Å². The van der Waals surface area contributed by atoms with Gasteiger partial charge in [-0.1, -0.05) is 32.0 Å². The molecule has 0 heterocycles. The molecule has 1 unspecified atom stereocenters. The van der Waals surface area contributed by atoms with Crippen molar-refractivity contribution in [3.63, 3.8) is 0 Å². The number of methoxy groups -OCH3 is 1. The molecule has 0 saturated carbocycles. The molecule has 0 saturated heterocycles. The molecule has 1 amide bonds. The van der Waals surface area contributed by atoms with Crippen LogP contribution in [-0.4, -0.2) is 36.4 Å². The molecular formula is C16H21NO6. The van der Waals surface area contributed by atoms with Crippen LogP contribution in [0.15, 0.2) is 18.2 Å². The van der Waals surface area contributed by atoms with E-state index in [4.69, 9.17) is 9.84 Å². The second-order valence-corrected chi connectivity index (χ2v) is 4.81. The highest BCUT2D eigenvalue weighted by atomic mass is 16.7. The Morgan fingerprint density at radius 3 is 2.17 bits per heavy atom. The SMILES string of the molecule is CCc1cccc(CC)c1NC(=O)C(CC(=O)O)OC(=O)OC. The van der Waals surface area contributed by atoms with Crippen molar-refractivity contribution in [2.75, 3.05) is 12.4 Å². The number of ether oxygens (including phenoxy) is 2. The van der Waals surface area contributed by atoms with Crippen molar-refractivity contribution in [1.82, 2.24) is 0 Å². The van der Waals surface area contributed by atoms with Crippen LogP contribution in [0.1, 0.15) is 31.4 Å². The van der Waals surface area contributed by atoms with Gasteiger partial charge in [0.1, 0.15) is 0 Å². The van der Waals surface area contributed by atoms with Crippen molar-refractivity contribution in [1.29, 1.82) is 0 Å². The number of aryl methyl sites for hydroxylation is 2. The number of rotatable bonds is 7. The fraction of sp³-hybridized carbons (Fsp3) is 0.438. The van der Waals surface area contributed by atoms with Gasteiger partial charge in [-0.25, -0.2) is 4.79 Å². The van der Waals surface area contributed by atoms with Crippen LogP contribution in [0, 0.1) is 0 Å². The predicted molar refractivity (Wildman–Crippen MR) is 83.4 cm³/mol. The minimum Gasteiger partial charge on any atom is -0.481 e. The number of carbonyl (C=O) groups is 3. The van der Waals surface area contributed by atoms with Gasteiger partial charge >= 0.3 is 12.1 Å². The first-order chi connectivity index (χ1) is 10.9. The topological polar surface area (TPSA) is 102 Å². The van der Waals surface area contributed by atoms with Crippen LogP contribution in [0.5, 0.6) is 0 Å². The molecule has 1 atom stereocenters. The van der Waals surface area contributed by atoms with Gasteiger partial charge in [-0.3, -0.25) is 9.59 Å². The van der Waals surface area contributed by atoms with Crippen LogP contribution >= 0.6 is 0 Å². The minimum absolute atomic E-state index is 0.631. The average molecular weight is 323 g/mol. The fourth-order valence-corrected chi connectivity index (χ4v) is 2.12. The Kier molecular flexibility index (Phi) is 7.05. The van der Waals surface area contributed by atoms with Gasteiger partial charge in [0, 0.05) is 5.69 Å². The third-order valence-electron chi connectivity index (χ3n) is 3.30. The van der Waals surface area contributed by atoms with Gasteiger partial charge < -0.3 is 19.9 Å². The molecule has 0 fully saturated rings. The fourth-order valence-electron chi connectivity index (χ4n) is 2.12. The molecule has 0 aliphatic rings. The van der Waals surface area contributed by atoms with E-state index >= 15 is 0 Å². The van der Waals surface area contributed by atoms with E-state index in [-0.39, 0.29) is 0 Å². The van der Waals surface area contributed by atoms with Gasteiger partial charge in [0.15, 0.2) is 6.10 Å². The van der Waals surface area contributed by atoms with Gasteiger partial charge in [-0.2, -0.15) is 0 Å². The van der Waals surface area contributed by atoms with Crippen molar-refractivity contribution < 1.29 is 29.0 Å². The van der Waals surface area contributed by atoms with Gasteiger partial charge in [0.05, 0.1) is 13.5 Å². The lowest BCUT2D eigenvalue weighted by atomic mass is 10.0. The Balaban J connectivity index is 3.02. The van der Waals surface area contributed by atoms with Gasteiger partial charge in [-0.15, -0.1) is 0 Å². The van der Waals surface area contributed by atoms with Crippen LogP contribution in [0.3, 0.4) is 0 Å². The van der Waals surface area contributed by atoms with Gasteiger partial charge in [-0.05, 0) is 24.0 Å². The Morgan fingerprint density at radius 2 is 1.74 bits per heavy atom. The lowest BCUT2D eigenvalue weighted by Crippen LogP contribution is -2.35. The summed E-state index contributed by atoms with van der Waals surface area (Å²) in [5, 5.41) is 11.6. The van der Waals surface area contributed by atoms with E-state index in [9.17, 15) is 14.4 Å². The van der Waals surface area contributed by atoms with Crippen molar-refractivity contribution in [3.8, 4) is 0 Å². The van der Waals surface area contributed by atoms with Crippen molar-refractivity contribution in [3.05, 3.63) is 29.3 Å². The van der Waals surface area contributed by atoms with E-state index in [0.29, 0.717) is 18.5 Å². The van der Waals surface area contributed by atoms with Crippen LogP contribution in [0.25, 0.3) is 0 Å². The highest BCUT2D eigenvalue weighted by molar-refractivity contribution is 5.98. The third kappa shape index (κ3) is 5.28. The molecule has 7 heteroatoms. The smallest absolute Gasteiger partial charge is 0.481 e. The molecule has 1 aromatic rings. The Hall–Kier alpha value is -2.57. The zero-order valence-electron chi connectivity index (χ0n) is 13.4. The summed E-state index contributed by atoms with van der Waals surface area (Å²) in [5.74, 6) is -1.96. The zero-order chi connectivity index (χ0) is 17.4. The molecule has 1 rings (SSSR count). The summed E-state index contributed by atoms with van der Waals surface area (Å²) in [4.78, 5) is 34.4. The normalized spacial score (nSPS) is 11.4. The van der Waals surface area contributed by atoms with Crippen LogP contribution in [0.2, 0.25) is 0 Å². The van der Waals surface area contributed by atoms with Gasteiger partial charge in [0.25, 0.3) is 5.91 Å². The standard InChI is InChI=1S/C16H21NO6/c1-4-10-7-6-8-11(5-2)14(10)17-15(20)12(9-13(18)19)23-16(21)22-3/h6-8,12H,4-5,9H2,1-3H3,(H,17,20)(H,18,19). The molecule has 2 N–H and O–H groups in total. The maximum absolute atomic E-state index is 12.3. The maximum Gasteiger partial charge on any atom is 0.508 e. The number of benzene rings is 1. The highest BCUT2D eigenvalue weighted by Gasteiger charge is 2.27. The maximum atomic E-state index is 12.3. The second kappa shape index (κ2) is 8.77. The van der Waals surface area contributed by atoms with Crippen molar-refractivity contribution in [2.24, 2.45) is 0 Å². The summed E-state index contributed by atoms with van der Waals surface area (Å²) in [6.45, 7) is 3.90. The van der Waals surface area contributed by atoms with Crippen LogP contribution in [-0.2, 0) is 31.9 Å². The Morgan fingerprint density at radius 1 is 1.17 bits per heavy atom. The summed E-state index contributed by atoms with van der Waals surface area (Å²) in [5.41, 5.74) is 2.47. The van der Waals surface area contributed by atoms with E-state index in [1.165, 1.54) is 0 Å². The molecule has 0 radical (unpaired) electrons. The predicted octanol–water partition coefficient (Wildman–Crippen LogP) is 2.38. The summed E-state index contributed by atoms with van der Waals surface area (Å²) >= 11 is 0. The largest absolute Gasteiger partial charge is 0.508 e. The van der Waals surface area contributed by atoms with Gasteiger partial charge in [0.2, 0.25) is 0 Å². The zero-order valence-corrected chi connectivity index (χ0v) is 13.4. The molecule has 0 bridgehead atoms. The summed E-state index contributed by atoms with van der Waals surface area (Å²) < 4.78 is 9.06. The number of carbonyl (C=O) groups excluding carboxylic acids is 2. The third-order valence-corrected chi connectivity index (χ3v) is 3.30. The lowest BCUT2D eigenvalue weighted by Gasteiger charge is -2.18. The number of carboxylic acids is 1.